The van der Waals surface area contributed by atoms with Crippen molar-refractivity contribution < 1.29 is 9.63 Å². The van der Waals surface area contributed by atoms with Crippen LogP contribution < -0.4 is 11.1 Å². The minimum atomic E-state index is -0.131. The molecule has 0 atom stereocenters. The predicted octanol–water partition coefficient (Wildman–Crippen LogP) is 1.50. The minimum Gasteiger partial charge on any atom is -0.397 e. The highest BCUT2D eigenvalue weighted by atomic mass is 35.5. The SMILES string of the molecule is Nc1cc(NC(=O)CN2CCCO2)ccc1Cl. The second kappa shape index (κ2) is 5.35. The van der Waals surface area contributed by atoms with E-state index in [0.717, 1.165) is 13.0 Å². The van der Waals surface area contributed by atoms with Crippen LogP contribution in [0.2, 0.25) is 5.02 Å². The summed E-state index contributed by atoms with van der Waals surface area (Å²) in [6, 6.07) is 4.99. The Hall–Kier alpha value is -1.30. The van der Waals surface area contributed by atoms with Crippen molar-refractivity contribution in [3.05, 3.63) is 23.2 Å². The van der Waals surface area contributed by atoms with Gasteiger partial charge >= 0.3 is 0 Å². The number of nitrogens with two attached hydrogens (primary N) is 1. The highest BCUT2D eigenvalue weighted by molar-refractivity contribution is 6.33. The number of anilines is 2. The van der Waals surface area contributed by atoms with Gasteiger partial charge in [-0.25, -0.2) is 0 Å². The molecule has 0 spiro atoms. The Labute approximate surface area is 104 Å². The fraction of sp³-hybridized carbons (Fsp3) is 0.364. The molecule has 1 aromatic rings. The molecule has 1 amide bonds. The van der Waals surface area contributed by atoms with E-state index in [1.165, 1.54) is 0 Å². The number of nitrogen functional groups attached to an aromatic ring is 1. The van der Waals surface area contributed by atoms with Crippen LogP contribution in [0.15, 0.2) is 18.2 Å². The number of nitrogens with zero attached hydrogens (tertiary/aromatic N) is 1. The fourth-order valence-electron chi connectivity index (χ4n) is 1.61. The first kappa shape index (κ1) is 12.2. The third-order valence-corrected chi connectivity index (χ3v) is 2.77. The van der Waals surface area contributed by atoms with Gasteiger partial charge in [0.1, 0.15) is 6.54 Å². The normalized spacial score (nSPS) is 16.1. The van der Waals surface area contributed by atoms with E-state index in [2.05, 4.69) is 5.32 Å². The van der Waals surface area contributed by atoms with Gasteiger partial charge in [0.25, 0.3) is 0 Å². The molecule has 6 heteroatoms. The summed E-state index contributed by atoms with van der Waals surface area (Å²) in [5, 5.41) is 4.86. The van der Waals surface area contributed by atoms with Gasteiger partial charge in [0.2, 0.25) is 5.91 Å². The first-order chi connectivity index (χ1) is 8.15. The van der Waals surface area contributed by atoms with E-state index < -0.39 is 0 Å². The van der Waals surface area contributed by atoms with E-state index in [1.54, 1.807) is 23.3 Å². The van der Waals surface area contributed by atoms with Crippen molar-refractivity contribution in [2.24, 2.45) is 0 Å². The van der Waals surface area contributed by atoms with Crippen LogP contribution in [-0.4, -0.2) is 30.7 Å². The van der Waals surface area contributed by atoms with Crippen LogP contribution in [-0.2, 0) is 9.63 Å². The molecule has 3 N–H and O–H groups in total. The summed E-state index contributed by atoms with van der Waals surface area (Å²) in [5.74, 6) is -0.131. The second-order valence-corrected chi connectivity index (χ2v) is 4.24. The highest BCUT2D eigenvalue weighted by Crippen LogP contribution is 2.22. The molecule has 1 aliphatic rings. The van der Waals surface area contributed by atoms with Gasteiger partial charge in [-0.2, -0.15) is 5.06 Å². The number of carbonyl (C=O) groups excluding carboxylic acids is 1. The van der Waals surface area contributed by atoms with Crippen LogP contribution in [0.3, 0.4) is 0 Å². The number of carbonyl (C=O) groups is 1. The predicted molar refractivity (Wildman–Crippen MR) is 66.6 cm³/mol. The van der Waals surface area contributed by atoms with Crippen LogP contribution >= 0.6 is 11.6 Å². The van der Waals surface area contributed by atoms with Crippen LogP contribution in [0, 0.1) is 0 Å². The molecule has 0 aromatic heterocycles. The molecule has 1 fully saturated rings. The Morgan fingerprint density at radius 1 is 1.59 bits per heavy atom. The zero-order chi connectivity index (χ0) is 12.3. The van der Waals surface area contributed by atoms with Gasteiger partial charge in [-0.1, -0.05) is 11.6 Å². The molecule has 17 heavy (non-hydrogen) atoms. The lowest BCUT2D eigenvalue weighted by Gasteiger charge is -2.13. The molecule has 0 saturated carbocycles. The van der Waals surface area contributed by atoms with E-state index in [9.17, 15) is 4.79 Å². The summed E-state index contributed by atoms with van der Waals surface area (Å²) < 4.78 is 0. The van der Waals surface area contributed by atoms with Gasteiger partial charge in [-0.15, -0.1) is 0 Å². The Morgan fingerprint density at radius 3 is 3.06 bits per heavy atom. The van der Waals surface area contributed by atoms with Crippen molar-refractivity contribution in [2.45, 2.75) is 6.42 Å². The number of nitrogens with one attached hydrogen (secondary N) is 1. The van der Waals surface area contributed by atoms with Crippen molar-refractivity contribution >= 4 is 28.9 Å². The number of hydrogen-bond donors (Lipinski definition) is 2. The summed E-state index contributed by atoms with van der Waals surface area (Å²) in [7, 11) is 0. The Kier molecular flexibility index (Phi) is 3.83. The van der Waals surface area contributed by atoms with E-state index in [0.29, 0.717) is 23.0 Å². The van der Waals surface area contributed by atoms with E-state index in [-0.39, 0.29) is 12.5 Å². The molecule has 1 heterocycles. The summed E-state index contributed by atoms with van der Waals surface area (Å²) in [6.45, 7) is 1.69. The van der Waals surface area contributed by atoms with Crippen molar-refractivity contribution in [3.63, 3.8) is 0 Å². The molecule has 0 radical (unpaired) electrons. The van der Waals surface area contributed by atoms with Crippen LogP contribution in [0.1, 0.15) is 6.42 Å². The van der Waals surface area contributed by atoms with Crippen LogP contribution in [0.5, 0.6) is 0 Å². The summed E-state index contributed by atoms with van der Waals surface area (Å²) in [6.07, 6.45) is 0.959. The molecule has 2 rings (SSSR count). The topological polar surface area (TPSA) is 67.6 Å². The summed E-state index contributed by atoms with van der Waals surface area (Å²) in [4.78, 5) is 16.9. The molecule has 1 aliphatic heterocycles. The van der Waals surface area contributed by atoms with Gasteiger partial charge in [-0.3, -0.25) is 9.63 Å². The second-order valence-electron chi connectivity index (χ2n) is 3.83. The van der Waals surface area contributed by atoms with Crippen molar-refractivity contribution in [2.75, 3.05) is 30.7 Å². The maximum atomic E-state index is 11.7. The van der Waals surface area contributed by atoms with Gasteiger partial charge in [0.05, 0.1) is 17.3 Å². The maximum Gasteiger partial charge on any atom is 0.240 e. The zero-order valence-corrected chi connectivity index (χ0v) is 10.0. The van der Waals surface area contributed by atoms with E-state index >= 15 is 0 Å². The van der Waals surface area contributed by atoms with Crippen molar-refractivity contribution in [1.82, 2.24) is 5.06 Å². The number of hydrogen-bond acceptors (Lipinski definition) is 4. The van der Waals surface area contributed by atoms with E-state index in [4.69, 9.17) is 22.2 Å². The first-order valence-corrected chi connectivity index (χ1v) is 5.76. The molecule has 5 nitrogen and oxygen atoms in total. The van der Waals surface area contributed by atoms with Gasteiger partial charge in [-0.05, 0) is 24.6 Å². The quantitative estimate of drug-likeness (QED) is 0.804. The largest absolute Gasteiger partial charge is 0.397 e. The van der Waals surface area contributed by atoms with Crippen molar-refractivity contribution in [1.29, 1.82) is 0 Å². The van der Waals surface area contributed by atoms with E-state index in [1.807, 2.05) is 0 Å². The molecule has 0 aliphatic carbocycles. The molecular formula is C11H14ClN3O2. The van der Waals surface area contributed by atoms with Crippen LogP contribution in [0.25, 0.3) is 0 Å². The van der Waals surface area contributed by atoms with Crippen LogP contribution in [0.4, 0.5) is 11.4 Å². The first-order valence-electron chi connectivity index (χ1n) is 5.38. The lowest BCUT2D eigenvalue weighted by atomic mass is 10.3. The highest BCUT2D eigenvalue weighted by Gasteiger charge is 2.16. The lowest BCUT2D eigenvalue weighted by molar-refractivity contribution is -0.137. The Balaban J connectivity index is 1.90. The Bertz CT molecular complexity index is 419. The van der Waals surface area contributed by atoms with Gasteiger partial charge in [0.15, 0.2) is 0 Å². The van der Waals surface area contributed by atoms with Gasteiger partial charge in [0, 0.05) is 12.2 Å². The number of hydroxylamine groups is 2. The zero-order valence-electron chi connectivity index (χ0n) is 9.28. The molecule has 0 unspecified atom stereocenters. The monoisotopic (exact) mass is 255 g/mol. The summed E-state index contributed by atoms with van der Waals surface area (Å²) in [5.41, 5.74) is 6.72. The smallest absolute Gasteiger partial charge is 0.240 e. The number of amides is 1. The molecule has 0 bridgehead atoms. The number of benzene rings is 1. The molecule has 1 saturated heterocycles. The molecule has 1 aromatic carbocycles. The maximum absolute atomic E-state index is 11.7. The molecule has 92 valence electrons. The molecular weight excluding hydrogens is 242 g/mol. The fourth-order valence-corrected chi connectivity index (χ4v) is 1.72. The number of rotatable bonds is 3. The number of halogens is 1. The standard InChI is InChI=1S/C11H14ClN3O2/c12-9-3-2-8(6-10(9)13)14-11(16)7-15-4-1-5-17-15/h2-3,6H,1,4-5,7,13H2,(H,14,16). The average Bonchev–Trinajstić information content (AvgIpc) is 2.76. The average molecular weight is 256 g/mol. The lowest BCUT2D eigenvalue weighted by Crippen LogP contribution is -2.30. The third kappa shape index (κ3) is 3.33. The van der Waals surface area contributed by atoms with Crippen molar-refractivity contribution in [3.8, 4) is 0 Å². The summed E-state index contributed by atoms with van der Waals surface area (Å²) >= 11 is 5.79. The third-order valence-electron chi connectivity index (χ3n) is 2.43. The minimum absolute atomic E-state index is 0.131. The van der Waals surface area contributed by atoms with Gasteiger partial charge < -0.3 is 11.1 Å². The Morgan fingerprint density at radius 2 is 2.41 bits per heavy atom.